The molecular weight excluding hydrogens is 284 g/mol. The summed E-state index contributed by atoms with van der Waals surface area (Å²) in [4.78, 5) is 26.7. The fourth-order valence-corrected chi connectivity index (χ4v) is 2.19. The topological polar surface area (TPSA) is 96.6 Å². The molecule has 0 saturated heterocycles. The van der Waals surface area contributed by atoms with E-state index in [1.165, 1.54) is 12.1 Å². The molecule has 0 fully saturated rings. The summed E-state index contributed by atoms with van der Waals surface area (Å²) < 4.78 is 0. The van der Waals surface area contributed by atoms with Gasteiger partial charge in [-0.1, -0.05) is 42.5 Å². The van der Waals surface area contributed by atoms with Crippen molar-refractivity contribution in [2.24, 2.45) is 4.99 Å². The number of non-ortho nitro benzene ring substituents is 1. The minimum Gasteiger partial charge on any atom is -0.282 e. The number of nitrogens with zero attached hydrogens (tertiary/aromatic N) is 2. The Morgan fingerprint density at radius 1 is 1.05 bits per heavy atom. The molecule has 2 aromatic rings. The van der Waals surface area contributed by atoms with Crippen LogP contribution in [-0.2, 0) is 4.79 Å². The largest absolute Gasteiger partial charge is 0.282 e. The smallest absolute Gasteiger partial charge is 0.269 e. The van der Waals surface area contributed by atoms with Crippen LogP contribution in [0.2, 0.25) is 0 Å². The van der Waals surface area contributed by atoms with Gasteiger partial charge in [-0.15, -0.1) is 0 Å². The van der Waals surface area contributed by atoms with Crippen LogP contribution in [0.5, 0.6) is 0 Å². The fourth-order valence-electron chi connectivity index (χ4n) is 2.19. The van der Waals surface area contributed by atoms with E-state index >= 15 is 0 Å². The highest BCUT2D eigenvalue weighted by Gasteiger charge is 2.26. The first-order valence-corrected chi connectivity index (χ1v) is 6.58. The van der Waals surface area contributed by atoms with Gasteiger partial charge in [-0.25, -0.2) is 4.99 Å². The van der Waals surface area contributed by atoms with Gasteiger partial charge in [-0.2, -0.15) is 0 Å². The van der Waals surface area contributed by atoms with Crippen molar-refractivity contribution in [2.45, 2.75) is 6.04 Å². The Balaban J connectivity index is 1.99. The molecule has 0 aromatic heterocycles. The predicted octanol–water partition coefficient (Wildman–Crippen LogP) is 1.72. The van der Waals surface area contributed by atoms with Crippen molar-refractivity contribution in [2.75, 3.05) is 0 Å². The molecule has 1 aliphatic rings. The molecule has 0 bridgehead atoms. The Kier molecular flexibility index (Phi) is 3.53. The molecule has 1 atom stereocenters. The molecule has 110 valence electrons. The van der Waals surface area contributed by atoms with Crippen molar-refractivity contribution >= 4 is 17.4 Å². The van der Waals surface area contributed by atoms with Crippen molar-refractivity contribution in [1.82, 2.24) is 10.9 Å². The molecule has 22 heavy (non-hydrogen) atoms. The Morgan fingerprint density at radius 3 is 2.55 bits per heavy atom. The van der Waals surface area contributed by atoms with Crippen molar-refractivity contribution < 1.29 is 9.72 Å². The standard InChI is InChI=1S/C15H12N4O3/c20-15-13(11-7-4-8-12(9-11)19(21)22)16-14(17-18-15)10-5-2-1-3-6-10/h1-9,13H,(H,16,17)(H,18,20). The van der Waals surface area contributed by atoms with Gasteiger partial charge in [0.25, 0.3) is 11.6 Å². The number of carbonyl (C=O) groups is 1. The summed E-state index contributed by atoms with van der Waals surface area (Å²) in [5, 5.41) is 10.9. The maximum absolute atomic E-state index is 12.0. The number of amidine groups is 1. The van der Waals surface area contributed by atoms with Crippen molar-refractivity contribution in [3.05, 3.63) is 75.8 Å². The van der Waals surface area contributed by atoms with Crippen molar-refractivity contribution in [3.63, 3.8) is 0 Å². The van der Waals surface area contributed by atoms with Gasteiger partial charge >= 0.3 is 0 Å². The quantitative estimate of drug-likeness (QED) is 0.665. The molecular formula is C15H12N4O3. The summed E-state index contributed by atoms with van der Waals surface area (Å²) in [6.07, 6.45) is 0. The third-order valence-electron chi connectivity index (χ3n) is 3.25. The molecule has 2 aromatic carbocycles. The summed E-state index contributed by atoms with van der Waals surface area (Å²) >= 11 is 0. The lowest BCUT2D eigenvalue weighted by Gasteiger charge is -2.22. The average molecular weight is 296 g/mol. The van der Waals surface area contributed by atoms with Gasteiger partial charge in [0.05, 0.1) is 4.92 Å². The second-order valence-corrected chi connectivity index (χ2v) is 4.71. The number of rotatable bonds is 3. The zero-order valence-corrected chi connectivity index (χ0v) is 11.4. The van der Waals surface area contributed by atoms with Crippen LogP contribution in [0.15, 0.2) is 59.6 Å². The van der Waals surface area contributed by atoms with Gasteiger partial charge in [0.15, 0.2) is 6.04 Å². The summed E-state index contributed by atoms with van der Waals surface area (Å²) in [6, 6.07) is 14.4. The lowest BCUT2D eigenvalue weighted by Crippen LogP contribution is -2.48. The third-order valence-corrected chi connectivity index (χ3v) is 3.25. The zero-order chi connectivity index (χ0) is 15.5. The molecule has 2 N–H and O–H groups in total. The number of nitro benzene ring substituents is 1. The first kappa shape index (κ1) is 13.7. The molecule has 1 heterocycles. The SMILES string of the molecule is O=C1NNC(c2ccccc2)=NC1c1cccc([N+](=O)[O-])c1. The minimum atomic E-state index is -0.823. The lowest BCUT2D eigenvalue weighted by molar-refractivity contribution is -0.384. The van der Waals surface area contributed by atoms with Crippen LogP contribution in [0, 0.1) is 10.1 Å². The number of nitrogens with one attached hydrogen (secondary N) is 2. The highest BCUT2D eigenvalue weighted by molar-refractivity contribution is 6.03. The van der Waals surface area contributed by atoms with Gasteiger partial charge < -0.3 is 0 Å². The second-order valence-electron chi connectivity index (χ2n) is 4.71. The summed E-state index contributed by atoms with van der Waals surface area (Å²) in [5.74, 6) is 0.150. The van der Waals surface area contributed by atoms with Crippen LogP contribution >= 0.6 is 0 Å². The monoisotopic (exact) mass is 296 g/mol. The Bertz CT molecular complexity index is 758. The summed E-state index contributed by atoms with van der Waals surface area (Å²) in [5.41, 5.74) is 6.50. The number of carbonyl (C=O) groups excluding carboxylic acids is 1. The van der Waals surface area contributed by atoms with Crippen LogP contribution in [0.25, 0.3) is 0 Å². The van der Waals surface area contributed by atoms with Gasteiger partial charge in [-0.05, 0) is 5.56 Å². The highest BCUT2D eigenvalue weighted by Crippen LogP contribution is 2.24. The van der Waals surface area contributed by atoms with E-state index in [1.807, 2.05) is 30.3 Å². The van der Waals surface area contributed by atoms with E-state index in [0.717, 1.165) is 5.56 Å². The maximum Gasteiger partial charge on any atom is 0.269 e. The van der Waals surface area contributed by atoms with Crippen LogP contribution in [0.3, 0.4) is 0 Å². The van der Waals surface area contributed by atoms with Crippen LogP contribution in [0.1, 0.15) is 17.2 Å². The maximum atomic E-state index is 12.0. The average Bonchev–Trinajstić information content (AvgIpc) is 2.56. The van der Waals surface area contributed by atoms with E-state index in [2.05, 4.69) is 15.8 Å². The van der Waals surface area contributed by atoms with Gasteiger partial charge in [0.1, 0.15) is 5.84 Å². The van der Waals surface area contributed by atoms with E-state index in [9.17, 15) is 14.9 Å². The Hall–Kier alpha value is -3.22. The number of amides is 1. The molecule has 7 nitrogen and oxygen atoms in total. The molecule has 0 radical (unpaired) electrons. The van der Waals surface area contributed by atoms with E-state index in [0.29, 0.717) is 11.4 Å². The Labute approximate surface area is 125 Å². The lowest BCUT2D eigenvalue weighted by atomic mass is 10.0. The van der Waals surface area contributed by atoms with E-state index in [4.69, 9.17) is 0 Å². The molecule has 1 aliphatic heterocycles. The number of benzene rings is 2. The number of hydrogen-bond acceptors (Lipinski definition) is 5. The Morgan fingerprint density at radius 2 is 1.82 bits per heavy atom. The predicted molar refractivity (Wildman–Crippen MR) is 80.1 cm³/mol. The number of nitro groups is 1. The summed E-state index contributed by atoms with van der Waals surface area (Å²) in [7, 11) is 0. The van der Waals surface area contributed by atoms with E-state index < -0.39 is 11.0 Å². The van der Waals surface area contributed by atoms with Gasteiger partial charge in [0.2, 0.25) is 0 Å². The van der Waals surface area contributed by atoms with Gasteiger partial charge in [-0.3, -0.25) is 25.8 Å². The van der Waals surface area contributed by atoms with Crippen molar-refractivity contribution in [3.8, 4) is 0 Å². The number of hydrogen-bond donors (Lipinski definition) is 2. The summed E-state index contributed by atoms with van der Waals surface area (Å²) in [6.45, 7) is 0. The van der Waals surface area contributed by atoms with Crippen molar-refractivity contribution in [1.29, 1.82) is 0 Å². The number of hydrazine groups is 1. The fraction of sp³-hybridized carbons (Fsp3) is 0.0667. The molecule has 1 amide bonds. The van der Waals surface area contributed by atoms with E-state index in [1.54, 1.807) is 12.1 Å². The number of aliphatic imine (C=N–C) groups is 1. The molecule has 7 heteroatoms. The normalized spacial score (nSPS) is 17.2. The van der Waals surface area contributed by atoms with Crippen LogP contribution < -0.4 is 10.9 Å². The molecule has 1 unspecified atom stereocenters. The van der Waals surface area contributed by atoms with E-state index in [-0.39, 0.29) is 11.6 Å². The molecule has 0 spiro atoms. The molecule has 0 saturated carbocycles. The second kappa shape index (κ2) is 5.65. The first-order chi connectivity index (χ1) is 10.6. The van der Waals surface area contributed by atoms with Gasteiger partial charge in [0, 0.05) is 17.7 Å². The molecule has 3 rings (SSSR count). The first-order valence-electron chi connectivity index (χ1n) is 6.58. The van der Waals surface area contributed by atoms with Crippen LogP contribution in [0.4, 0.5) is 5.69 Å². The molecule has 0 aliphatic carbocycles. The van der Waals surface area contributed by atoms with Crippen LogP contribution in [-0.4, -0.2) is 16.7 Å². The highest BCUT2D eigenvalue weighted by atomic mass is 16.6. The zero-order valence-electron chi connectivity index (χ0n) is 11.4. The minimum absolute atomic E-state index is 0.0692. The third kappa shape index (κ3) is 2.64.